The van der Waals surface area contributed by atoms with Crippen LogP contribution in [0.5, 0.6) is 0 Å². The van der Waals surface area contributed by atoms with Crippen LogP contribution >= 0.6 is 11.6 Å². The summed E-state index contributed by atoms with van der Waals surface area (Å²) in [4.78, 5) is 23.9. The Hall–Kier alpha value is -1.79. The van der Waals surface area contributed by atoms with Gasteiger partial charge in [-0.05, 0) is 30.7 Å². The number of benzene rings is 1. The maximum atomic E-state index is 11.2. The number of nitrogens with two attached hydrogens (primary N) is 2. The van der Waals surface area contributed by atoms with E-state index in [9.17, 15) is 9.59 Å². The number of hydrogen-bond acceptors (Lipinski definition) is 4. The van der Waals surface area contributed by atoms with Crippen molar-refractivity contribution in [2.24, 2.45) is 11.5 Å². The Labute approximate surface area is 129 Å². The first-order valence-electron chi connectivity index (χ1n) is 6.74. The van der Waals surface area contributed by atoms with Crippen molar-refractivity contribution in [1.29, 1.82) is 0 Å². The van der Waals surface area contributed by atoms with E-state index in [0.29, 0.717) is 17.3 Å². The Morgan fingerprint density at radius 3 is 2.38 bits per heavy atom. The highest BCUT2D eigenvalue weighted by Crippen LogP contribution is 2.25. The monoisotopic (exact) mass is 312 g/mol. The second-order valence-corrected chi connectivity index (χ2v) is 5.17. The van der Waals surface area contributed by atoms with Gasteiger partial charge in [0.05, 0.1) is 13.1 Å². The Morgan fingerprint density at radius 1 is 1.24 bits per heavy atom. The van der Waals surface area contributed by atoms with Gasteiger partial charge >= 0.3 is 0 Å². The molecule has 0 atom stereocenters. The van der Waals surface area contributed by atoms with E-state index in [-0.39, 0.29) is 13.1 Å². The molecule has 2 amide bonds. The lowest BCUT2D eigenvalue weighted by Gasteiger charge is -2.25. The van der Waals surface area contributed by atoms with Crippen molar-refractivity contribution in [3.63, 3.8) is 0 Å². The van der Waals surface area contributed by atoms with Gasteiger partial charge in [-0.2, -0.15) is 0 Å². The summed E-state index contributed by atoms with van der Waals surface area (Å²) in [7, 11) is 0. The van der Waals surface area contributed by atoms with Gasteiger partial charge in [0, 0.05) is 17.3 Å². The number of carbonyl (C=O) groups excluding carboxylic acids is 2. The summed E-state index contributed by atoms with van der Waals surface area (Å²) in [5.41, 5.74) is 12.1. The third-order valence-corrected chi connectivity index (χ3v) is 3.06. The third-order valence-electron chi connectivity index (χ3n) is 2.82. The lowest BCUT2D eigenvalue weighted by molar-refractivity contribution is -0.117. The van der Waals surface area contributed by atoms with Crippen LogP contribution in [0, 0.1) is 0 Å². The molecule has 0 heterocycles. The van der Waals surface area contributed by atoms with Crippen molar-refractivity contribution in [2.75, 3.05) is 24.5 Å². The number of hydrogen-bond donors (Lipinski definition) is 3. The summed E-state index contributed by atoms with van der Waals surface area (Å²) >= 11 is 6.02. The van der Waals surface area contributed by atoms with Crippen LogP contribution in [0.25, 0.3) is 0 Å². The lowest BCUT2D eigenvalue weighted by atomic mass is 10.1. The maximum Gasteiger partial charge on any atom is 0.236 e. The Morgan fingerprint density at radius 2 is 1.86 bits per heavy atom. The molecule has 0 aliphatic rings. The van der Waals surface area contributed by atoms with Crippen molar-refractivity contribution in [2.45, 2.75) is 19.9 Å². The first-order valence-corrected chi connectivity index (χ1v) is 7.12. The zero-order chi connectivity index (χ0) is 15.8. The van der Waals surface area contributed by atoms with Crippen LogP contribution in [0.15, 0.2) is 18.2 Å². The minimum atomic E-state index is -0.538. The minimum absolute atomic E-state index is 0.0932. The molecular weight excluding hydrogens is 292 g/mol. The standard InChI is InChI=1S/C14H21ClN4O2/c1-2-5-18-7-10-3-4-11(15)6-12(10)19(8-13(16)20)9-14(17)21/h3-4,6,18H,2,5,7-9H2,1H3,(H2,16,20)(H2,17,21). The largest absolute Gasteiger partial charge is 0.368 e. The van der Waals surface area contributed by atoms with E-state index in [1.165, 1.54) is 0 Å². The van der Waals surface area contributed by atoms with Gasteiger partial charge in [-0.25, -0.2) is 0 Å². The molecule has 0 unspecified atom stereocenters. The molecule has 21 heavy (non-hydrogen) atoms. The van der Waals surface area contributed by atoms with E-state index in [4.69, 9.17) is 23.1 Å². The Bertz CT molecular complexity index is 492. The quantitative estimate of drug-likeness (QED) is 0.582. The number of rotatable bonds is 9. The van der Waals surface area contributed by atoms with Crippen molar-refractivity contribution >= 4 is 29.1 Å². The van der Waals surface area contributed by atoms with Gasteiger partial charge in [-0.15, -0.1) is 0 Å². The van der Waals surface area contributed by atoms with Crippen LogP contribution in [-0.4, -0.2) is 31.4 Å². The van der Waals surface area contributed by atoms with Crippen LogP contribution in [0.4, 0.5) is 5.69 Å². The molecular formula is C14H21ClN4O2. The molecule has 0 spiro atoms. The second-order valence-electron chi connectivity index (χ2n) is 4.74. The first kappa shape index (κ1) is 17.3. The summed E-state index contributed by atoms with van der Waals surface area (Å²) in [5.74, 6) is -1.08. The molecule has 1 aromatic rings. The molecule has 0 saturated carbocycles. The molecule has 6 nitrogen and oxygen atoms in total. The van der Waals surface area contributed by atoms with E-state index in [2.05, 4.69) is 12.2 Å². The van der Waals surface area contributed by atoms with Crippen molar-refractivity contribution < 1.29 is 9.59 Å². The maximum absolute atomic E-state index is 11.2. The van der Waals surface area contributed by atoms with E-state index in [1.807, 2.05) is 6.07 Å². The van der Waals surface area contributed by atoms with Gasteiger partial charge in [0.2, 0.25) is 11.8 Å². The van der Waals surface area contributed by atoms with Gasteiger partial charge in [0.1, 0.15) is 0 Å². The van der Waals surface area contributed by atoms with Gasteiger partial charge in [-0.3, -0.25) is 9.59 Å². The fraction of sp³-hybridized carbons (Fsp3) is 0.429. The Balaban J connectivity index is 3.04. The van der Waals surface area contributed by atoms with Crippen LogP contribution in [0.1, 0.15) is 18.9 Å². The van der Waals surface area contributed by atoms with Gasteiger partial charge < -0.3 is 21.7 Å². The van der Waals surface area contributed by atoms with E-state index in [1.54, 1.807) is 17.0 Å². The summed E-state index contributed by atoms with van der Waals surface area (Å²) < 4.78 is 0. The van der Waals surface area contributed by atoms with Crippen molar-refractivity contribution in [1.82, 2.24) is 5.32 Å². The number of amides is 2. The number of nitrogens with zero attached hydrogens (tertiary/aromatic N) is 1. The number of nitrogens with one attached hydrogen (secondary N) is 1. The molecule has 116 valence electrons. The molecule has 7 heteroatoms. The van der Waals surface area contributed by atoms with Gasteiger partial charge in [-0.1, -0.05) is 24.6 Å². The molecule has 1 rings (SSSR count). The van der Waals surface area contributed by atoms with Crippen LogP contribution in [0.2, 0.25) is 5.02 Å². The van der Waals surface area contributed by atoms with Gasteiger partial charge in [0.15, 0.2) is 0 Å². The molecule has 1 aromatic carbocycles. The zero-order valence-corrected chi connectivity index (χ0v) is 12.8. The fourth-order valence-electron chi connectivity index (χ4n) is 1.98. The molecule has 0 saturated heterocycles. The molecule has 0 aliphatic heterocycles. The Kier molecular flexibility index (Phi) is 6.98. The molecule has 5 N–H and O–H groups in total. The highest BCUT2D eigenvalue weighted by atomic mass is 35.5. The third kappa shape index (κ3) is 6.01. The molecule has 0 bridgehead atoms. The second kappa shape index (κ2) is 8.49. The molecule has 0 aromatic heterocycles. The SMILES string of the molecule is CCCNCc1ccc(Cl)cc1N(CC(N)=O)CC(N)=O. The highest BCUT2D eigenvalue weighted by molar-refractivity contribution is 6.30. The highest BCUT2D eigenvalue weighted by Gasteiger charge is 2.16. The van der Waals surface area contributed by atoms with Crippen molar-refractivity contribution in [3.8, 4) is 0 Å². The van der Waals surface area contributed by atoms with Crippen LogP contribution in [-0.2, 0) is 16.1 Å². The number of carbonyl (C=O) groups is 2. The van der Waals surface area contributed by atoms with Crippen molar-refractivity contribution in [3.05, 3.63) is 28.8 Å². The number of primary amides is 2. The summed E-state index contributed by atoms with van der Waals surface area (Å²) in [6.45, 7) is 3.36. The predicted octanol–water partition coefficient (Wildman–Crippen LogP) is 0.617. The smallest absolute Gasteiger partial charge is 0.236 e. The molecule has 0 fully saturated rings. The molecule has 0 radical (unpaired) electrons. The topological polar surface area (TPSA) is 101 Å². The van der Waals surface area contributed by atoms with Crippen LogP contribution < -0.4 is 21.7 Å². The molecule has 0 aliphatic carbocycles. The summed E-state index contributed by atoms with van der Waals surface area (Å²) in [6, 6.07) is 5.33. The fourth-order valence-corrected chi connectivity index (χ4v) is 2.15. The van der Waals surface area contributed by atoms with E-state index >= 15 is 0 Å². The normalized spacial score (nSPS) is 10.4. The average Bonchev–Trinajstić information content (AvgIpc) is 2.39. The number of halogens is 1. The minimum Gasteiger partial charge on any atom is -0.368 e. The summed E-state index contributed by atoms with van der Waals surface area (Å²) in [6.07, 6.45) is 1.01. The van der Waals surface area contributed by atoms with Gasteiger partial charge in [0.25, 0.3) is 0 Å². The zero-order valence-electron chi connectivity index (χ0n) is 12.1. The number of anilines is 1. The van der Waals surface area contributed by atoms with E-state index in [0.717, 1.165) is 18.5 Å². The average molecular weight is 313 g/mol. The van der Waals surface area contributed by atoms with E-state index < -0.39 is 11.8 Å². The van der Waals surface area contributed by atoms with Crippen LogP contribution in [0.3, 0.4) is 0 Å². The summed E-state index contributed by atoms with van der Waals surface area (Å²) in [5, 5.41) is 3.79. The predicted molar refractivity (Wildman–Crippen MR) is 84.1 cm³/mol. The first-order chi connectivity index (χ1) is 9.93. The lowest BCUT2D eigenvalue weighted by Crippen LogP contribution is -2.40.